The van der Waals surface area contributed by atoms with Gasteiger partial charge in [0.05, 0.1) is 4.92 Å². The molecule has 0 bridgehead atoms. The van der Waals surface area contributed by atoms with Crippen LogP contribution in [-0.4, -0.2) is 35.5 Å². The van der Waals surface area contributed by atoms with E-state index in [1.807, 2.05) is 13.8 Å². The van der Waals surface area contributed by atoms with Crippen LogP contribution in [0.2, 0.25) is 0 Å². The van der Waals surface area contributed by atoms with Crippen molar-refractivity contribution in [1.29, 1.82) is 0 Å². The number of nitrogens with zero attached hydrogens (tertiary/aromatic N) is 2. The summed E-state index contributed by atoms with van der Waals surface area (Å²) >= 11 is 0. The zero-order valence-corrected chi connectivity index (χ0v) is 12.6. The van der Waals surface area contributed by atoms with Crippen molar-refractivity contribution in [3.05, 3.63) is 34.4 Å². The lowest BCUT2D eigenvalue weighted by Crippen LogP contribution is -2.36. The van der Waals surface area contributed by atoms with Gasteiger partial charge in [-0.05, 0) is 24.5 Å². The first-order chi connectivity index (χ1) is 9.81. The largest absolute Gasteiger partial charge is 0.328 e. The number of rotatable bonds is 6. The van der Waals surface area contributed by atoms with Gasteiger partial charge in [-0.25, -0.2) is 4.79 Å². The number of carbonyl (C=O) groups is 1. The maximum Gasteiger partial charge on any atom is 0.321 e. The minimum atomic E-state index is -0.481. The first kappa shape index (κ1) is 16.9. The molecule has 0 radical (unpaired) electrons. The molecule has 116 valence electrons. The van der Waals surface area contributed by atoms with Crippen molar-refractivity contribution >= 4 is 17.4 Å². The molecule has 1 atom stereocenters. The lowest BCUT2D eigenvalue weighted by molar-refractivity contribution is -0.384. The van der Waals surface area contributed by atoms with Crippen LogP contribution >= 0.6 is 0 Å². The Bertz CT molecular complexity index is 487. The van der Waals surface area contributed by atoms with Gasteiger partial charge in [-0.2, -0.15) is 0 Å². The molecule has 0 saturated carbocycles. The highest BCUT2D eigenvalue weighted by Crippen LogP contribution is 2.15. The van der Waals surface area contributed by atoms with Crippen LogP contribution in [0.4, 0.5) is 16.2 Å². The number of benzene rings is 1. The molecule has 0 aliphatic rings. The lowest BCUT2D eigenvalue weighted by Gasteiger charge is -2.21. The molecule has 0 aliphatic carbocycles. The minimum absolute atomic E-state index is 0.00994. The first-order valence-corrected chi connectivity index (χ1v) is 6.83. The van der Waals surface area contributed by atoms with Crippen LogP contribution in [0.5, 0.6) is 0 Å². The van der Waals surface area contributed by atoms with Crippen LogP contribution in [0.25, 0.3) is 0 Å². The normalized spacial score (nSPS) is 12.0. The van der Waals surface area contributed by atoms with E-state index in [0.717, 1.165) is 6.42 Å². The van der Waals surface area contributed by atoms with Crippen molar-refractivity contribution in [3.8, 4) is 0 Å². The van der Waals surface area contributed by atoms with Crippen molar-refractivity contribution in [2.45, 2.75) is 26.3 Å². The van der Waals surface area contributed by atoms with E-state index < -0.39 is 4.92 Å². The zero-order valence-electron chi connectivity index (χ0n) is 12.6. The number of nitro groups is 1. The van der Waals surface area contributed by atoms with Crippen molar-refractivity contribution in [2.75, 3.05) is 18.9 Å². The van der Waals surface area contributed by atoms with Crippen LogP contribution in [0.1, 0.15) is 20.3 Å². The third-order valence-electron chi connectivity index (χ3n) is 3.33. The molecule has 7 nitrogen and oxygen atoms in total. The topological polar surface area (TPSA) is 102 Å². The van der Waals surface area contributed by atoms with E-state index in [-0.39, 0.29) is 17.8 Å². The van der Waals surface area contributed by atoms with Gasteiger partial charge in [0.15, 0.2) is 0 Å². The summed E-state index contributed by atoms with van der Waals surface area (Å²) < 4.78 is 0. The number of non-ortho nitro benzene ring substituents is 1. The molecule has 1 rings (SSSR count). The Morgan fingerprint density at radius 2 is 1.95 bits per heavy atom. The van der Waals surface area contributed by atoms with Crippen LogP contribution in [0.15, 0.2) is 24.3 Å². The highest BCUT2D eigenvalue weighted by Gasteiger charge is 2.13. The predicted octanol–water partition coefficient (Wildman–Crippen LogP) is 2.43. The first-order valence-electron chi connectivity index (χ1n) is 6.83. The molecule has 3 N–H and O–H groups in total. The zero-order chi connectivity index (χ0) is 16.0. The number of nitrogens with one attached hydrogen (secondary N) is 1. The number of hydrogen-bond acceptors (Lipinski definition) is 4. The third-order valence-corrected chi connectivity index (χ3v) is 3.33. The summed E-state index contributed by atoms with van der Waals surface area (Å²) in [5.41, 5.74) is 6.45. The number of carbonyl (C=O) groups excluding carboxylic acids is 1. The number of amides is 2. The van der Waals surface area contributed by atoms with Crippen LogP contribution in [0.3, 0.4) is 0 Å². The molecule has 1 aromatic rings. The SMILES string of the molecule is CC(C)C(N)CCN(C)C(=O)Nc1ccc([N+](=O)[O-])cc1. The average Bonchev–Trinajstić information content (AvgIpc) is 2.44. The number of nitrogens with two attached hydrogens (primary N) is 1. The second kappa shape index (κ2) is 7.58. The minimum Gasteiger partial charge on any atom is -0.328 e. The standard InChI is InChI=1S/C14H22N4O3/c1-10(2)13(15)8-9-17(3)14(19)16-11-4-6-12(7-5-11)18(20)21/h4-7,10,13H,8-9,15H2,1-3H3,(H,16,19). The van der Waals surface area contributed by atoms with E-state index in [1.54, 1.807) is 11.9 Å². The van der Waals surface area contributed by atoms with Gasteiger partial charge in [0, 0.05) is 37.5 Å². The Kier molecular flexibility index (Phi) is 6.10. The molecule has 0 aromatic heterocycles. The van der Waals surface area contributed by atoms with E-state index >= 15 is 0 Å². The van der Waals surface area contributed by atoms with Crippen LogP contribution < -0.4 is 11.1 Å². The van der Waals surface area contributed by atoms with Gasteiger partial charge in [-0.1, -0.05) is 13.8 Å². The number of hydrogen-bond donors (Lipinski definition) is 2. The summed E-state index contributed by atoms with van der Waals surface area (Å²) in [5.74, 6) is 0.371. The Morgan fingerprint density at radius 1 is 1.38 bits per heavy atom. The predicted molar refractivity (Wildman–Crippen MR) is 82.2 cm³/mol. The molecule has 0 spiro atoms. The average molecular weight is 294 g/mol. The fraction of sp³-hybridized carbons (Fsp3) is 0.500. The summed E-state index contributed by atoms with van der Waals surface area (Å²) in [6.45, 7) is 4.64. The van der Waals surface area contributed by atoms with Gasteiger partial charge < -0.3 is 16.0 Å². The monoisotopic (exact) mass is 294 g/mol. The Hall–Kier alpha value is -2.15. The van der Waals surface area contributed by atoms with Gasteiger partial charge >= 0.3 is 6.03 Å². The summed E-state index contributed by atoms with van der Waals surface area (Å²) in [5, 5.41) is 13.2. The number of urea groups is 1. The van der Waals surface area contributed by atoms with Gasteiger partial charge in [0.1, 0.15) is 0 Å². The highest BCUT2D eigenvalue weighted by atomic mass is 16.6. The maximum absolute atomic E-state index is 12.0. The molecule has 21 heavy (non-hydrogen) atoms. The quantitative estimate of drug-likeness (QED) is 0.621. The molecular formula is C14H22N4O3. The maximum atomic E-state index is 12.0. The van der Waals surface area contributed by atoms with E-state index in [1.165, 1.54) is 24.3 Å². The van der Waals surface area contributed by atoms with Crippen molar-refractivity contribution in [1.82, 2.24) is 4.90 Å². The van der Waals surface area contributed by atoms with E-state index in [0.29, 0.717) is 18.2 Å². The van der Waals surface area contributed by atoms with Gasteiger partial charge in [0.25, 0.3) is 5.69 Å². The van der Waals surface area contributed by atoms with Crippen molar-refractivity contribution in [3.63, 3.8) is 0 Å². The molecule has 0 fully saturated rings. The van der Waals surface area contributed by atoms with Gasteiger partial charge in [0.2, 0.25) is 0 Å². The van der Waals surface area contributed by atoms with E-state index in [9.17, 15) is 14.9 Å². The molecular weight excluding hydrogens is 272 g/mol. The molecule has 1 aromatic carbocycles. The van der Waals surface area contributed by atoms with Gasteiger partial charge in [-0.15, -0.1) is 0 Å². The fourth-order valence-corrected chi connectivity index (χ4v) is 1.66. The molecule has 7 heteroatoms. The lowest BCUT2D eigenvalue weighted by atomic mass is 10.0. The smallest absolute Gasteiger partial charge is 0.321 e. The molecule has 0 heterocycles. The van der Waals surface area contributed by atoms with Crippen LogP contribution in [-0.2, 0) is 0 Å². The van der Waals surface area contributed by atoms with Crippen LogP contribution in [0, 0.1) is 16.0 Å². The van der Waals surface area contributed by atoms with Gasteiger partial charge in [-0.3, -0.25) is 10.1 Å². The highest BCUT2D eigenvalue weighted by molar-refractivity contribution is 5.89. The third kappa shape index (κ3) is 5.39. The van der Waals surface area contributed by atoms with E-state index in [4.69, 9.17) is 5.73 Å². The molecule has 1 unspecified atom stereocenters. The summed E-state index contributed by atoms with van der Waals surface area (Å²) in [7, 11) is 1.69. The molecule has 0 aliphatic heterocycles. The summed E-state index contributed by atoms with van der Waals surface area (Å²) in [4.78, 5) is 23.6. The van der Waals surface area contributed by atoms with Crippen molar-refractivity contribution in [2.24, 2.45) is 11.7 Å². The number of anilines is 1. The Balaban J connectivity index is 2.50. The second-order valence-corrected chi connectivity index (χ2v) is 5.35. The second-order valence-electron chi connectivity index (χ2n) is 5.35. The summed E-state index contributed by atoms with van der Waals surface area (Å²) in [6.07, 6.45) is 0.724. The summed E-state index contributed by atoms with van der Waals surface area (Å²) in [6, 6.07) is 5.50. The van der Waals surface area contributed by atoms with E-state index in [2.05, 4.69) is 5.32 Å². The number of nitro benzene ring substituents is 1. The fourth-order valence-electron chi connectivity index (χ4n) is 1.66. The van der Waals surface area contributed by atoms with Crippen molar-refractivity contribution < 1.29 is 9.72 Å². The molecule has 2 amide bonds. The Morgan fingerprint density at radius 3 is 2.43 bits per heavy atom. The Labute approximate surface area is 124 Å². The molecule has 0 saturated heterocycles.